The summed E-state index contributed by atoms with van der Waals surface area (Å²) in [5, 5.41) is 8.80. The second-order valence-electron chi connectivity index (χ2n) is 5.93. The molecule has 1 aliphatic heterocycles. The van der Waals surface area contributed by atoms with E-state index in [4.69, 9.17) is 5.11 Å². The molecule has 24 heavy (non-hydrogen) atoms. The van der Waals surface area contributed by atoms with Gasteiger partial charge in [0.05, 0.1) is 11.3 Å². The normalized spacial score (nSPS) is 15.5. The van der Waals surface area contributed by atoms with Crippen LogP contribution in [-0.2, 0) is 34.2 Å². The van der Waals surface area contributed by atoms with Gasteiger partial charge in [0.15, 0.2) is 0 Å². The molecule has 0 unspecified atom stereocenters. The second-order valence-corrected chi connectivity index (χ2v) is 7.86. The number of hydrogen-bond acceptors (Lipinski definition) is 3. The molecule has 0 aliphatic carbocycles. The number of carboxylic acid groups (broad SMARTS) is 1. The third-order valence-electron chi connectivity index (χ3n) is 4.24. The fraction of sp³-hybridized carbons (Fsp3) is 0.278. The van der Waals surface area contributed by atoms with E-state index in [0.29, 0.717) is 18.7 Å². The lowest BCUT2D eigenvalue weighted by Gasteiger charge is -2.20. The molecule has 126 valence electrons. The summed E-state index contributed by atoms with van der Waals surface area (Å²) in [5.74, 6) is -0.935. The first-order valence-electron chi connectivity index (χ1n) is 7.84. The molecule has 1 N–H and O–H groups in total. The molecule has 0 bridgehead atoms. The Labute approximate surface area is 141 Å². The predicted octanol–water partition coefficient (Wildman–Crippen LogP) is 2.45. The number of fused-ring (bicyclic) bond motifs is 1. The molecule has 0 saturated carbocycles. The smallest absolute Gasteiger partial charge is 0.307 e. The van der Waals surface area contributed by atoms with E-state index < -0.39 is 16.0 Å². The maximum Gasteiger partial charge on any atom is 0.307 e. The van der Waals surface area contributed by atoms with Crippen LogP contribution in [0.5, 0.6) is 0 Å². The minimum Gasteiger partial charge on any atom is -0.481 e. The number of carbonyl (C=O) groups is 1. The molecule has 5 nitrogen and oxygen atoms in total. The molecule has 2 aromatic rings. The van der Waals surface area contributed by atoms with Crippen molar-refractivity contribution in [2.75, 3.05) is 6.54 Å². The molecule has 0 spiro atoms. The molecule has 2 aromatic carbocycles. The summed E-state index contributed by atoms with van der Waals surface area (Å²) < 4.78 is 27.3. The number of aryl methyl sites for hydroxylation is 1. The molecule has 1 aliphatic rings. The van der Waals surface area contributed by atoms with Gasteiger partial charge in [-0.2, -0.15) is 4.31 Å². The van der Waals surface area contributed by atoms with Gasteiger partial charge >= 0.3 is 5.97 Å². The lowest BCUT2D eigenvalue weighted by Crippen LogP contribution is -2.30. The van der Waals surface area contributed by atoms with Crippen LogP contribution < -0.4 is 0 Å². The van der Waals surface area contributed by atoms with Gasteiger partial charge in [0.2, 0.25) is 10.0 Å². The standard InChI is InChI=1S/C18H19NO4S/c20-18(21)12-14-7-9-17(10-8-14)24(22,23)19-11-3-6-15-4-1-2-5-16(15)13-19/h1-2,4-5,7-10H,3,6,11-13H2,(H,20,21). The summed E-state index contributed by atoms with van der Waals surface area (Å²) in [5.41, 5.74) is 2.83. The summed E-state index contributed by atoms with van der Waals surface area (Å²) >= 11 is 0. The molecular weight excluding hydrogens is 326 g/mol. The van der Waals surface area contributed by atoms with Crippen molar-refractivity contribution < 1.29 is 18.3 Å². The van der Waals surface area contributed by atoms with Crippen LogP contribution in [0, 0.1) is 0 Å². The van der Waals surface area contributed by atoms with Gasteiger partial charge < -0.3 is 5.11 Å². The Bertz CT molecular complexity index is 844. The van der Waals surface area contributed by atoms with Crippen LogP contribution in [0.25, 0.3) is 0 Å². The Kier molecular flexibility index (Phi) is 4.69. The second kappa shape index (κ2) is 6.75. The summed E-state index contributed by atoms with van der Waals surface area (Å²) in [4.78, 5) is 10.9. The maximum atomic E-state index is 12.9. The van der Waals surface area contributed by atoms with E-state index in [-0.39, 0.29) is 11.3 Å². The van der Waals surface area contributed by atoms with Gasteiger partial charge in [0, 0.05) is 13.1 Å². The lowest BCUT2D eigenvalue weighted by atomic mass is 10.0. The first-order valence-corrected chi connectivity index (χ1v) is 9.28. The van der Waals surface area contributed by atoms with Crippen molar-refractivity contribution in [2.24, 2.45) is 0 Å². The number of benzene rings is 2. The Morgan fingerprint density at radius 3 is 2.38 bits per heavy atom. The number of nitrogens with zero attached hydrogens (tertiary/aromatic N) is 1. The summed E-state index contributed by atoms with van der Waals surface area (Å²) in [6.45, 7) is 0.850. The number of sulfonamides is 1. The van der Waals surface area contributed by atoms with E-state index in [1.165, 1.54) is 22.0 Å². The monoisotopic (exact) mass is 345 g/mol. The van der Waals surface area contributed by atoms with Crippen LogP contribution in [0.15, 0.2) is 53.4 Å². The minimum absolute atomic E-state index is 0.114. The molecule has 1 heterocycles. The number of rotatable bonds is 4. The Balaban J connectivity index is 1.86. The van der Waals surface area contributed by atoms with Gasteiger partial charge in [-0.1, -0.05) is 36.4 Å². The molecule has 0 atom stereocenters. The van der Waals surface area contributed by atoms with E-state index in [0.717, 1.165) is 18.4 Å². The molecule has 0 radical (unpaired) electrons. The fourth-order valence-electron chi connectivity index (χ4n) is 2.98. The summed E-state index contributed by atoms with van der Waals surface area (Å²) in [6.07, 6.45) is 1.55. The topological polar surface area (TPSA) is 74.7 Å². The Morgan fingerprint density at radius 2 is 1.71 bits per heavy atom. The molecule has 0 saturated heterocycles. The minimum atomic E-state index is -3.59. The van der Waals surface area contributed by atoms with E-state index >= 15 is 0 Å². The van der Waals surface area contributed by atoms with Crippen molar-refractivity contribution in [2.45, 2.75) is 30.7 Å². The zero-order valence-electron chi connectivity index (χ0n) is 13.2. The van der Waals surface area contributed by atoms with Gasteiger partial charge in [0.1, 0.15) is 0 Å². The maximum absolute atomic E-state index is 12.9. The third kappa shape index (κ3) is 3.49. The van der Waals surface area contributed by atoms with Crippen molar-refractivity contribution in [3.8, 4) is 0 Å². The molecule has 0 fully saturated rings. The first-order chi connectivity index (χ1) is 11.5. The summed E-state index contributed by atoms with van der Waals surface area (Å²) in [6, 6.07) is 14.0. The average Bonchev–Trinajstić information content (AvgIpc) is 2.77. The Hall–Kier alpha value is -2.18. The van der Waals surface area contributed by atoms with E-state index in [1.54, 1.807) is 12.1 Å². The van der Waals surface area contributed by atoms with E-state index in [9.17, 15) is 13.2 Å². The third-order valence-corrected chi connectivity index (χ3v) is 6.09. The molecule has 3 rings (SSSR count). The highest BCUT2D eigenvalue weighted by Crippen LogP contribution is 2.24. The van der Waals surface area contributed by atoms with Gasteiger partial charge in [-0.15, -0.1) is 0 Å². The Morgan fingerprint density at radius 1 is 1.04 bits per heavy atom. The largest absolute Gasteiger partial charge is 0.481 e. The van der Waals surface area contributed by atoms with Gasteiger partial charge in [-0.05, 0) is 41.7 Å². The molecule has 0 aromatic heterocycles. The van der Waals surface area contributed by atoms with Crippen molar-refractivity contribution in [1.82, 2.24) is 4.31 Å². The van der Waals surface area contributed by atoms with Crippen LogP contribution in [0.1, 0.15) is 23.1 Å². The van der Waals surface area contributed by atoms with Crippen molar-refractivity contribution in [3.05, 3.63) is 65.2 Å². The van der Waals surface area contributed by atoms with Crippen LogP contribution in [0.3, 0.4) is 0 Å². The number of aliphatic carboxylic acids is 1. The highest BCUT2D eigenvalue weighted by atomic mass is 32.2. The van der Waals surface area contributed by atoms with Gasteiger partial charge in [0.25, 0.3) is 0 Å². The molecule has 6 heteroatoms. The zero-order valence-corrected chi connectivity index (χ0v) is 14.0. The lowest BCUT2D eigenvalue weighted by molar-refractivity contribution is -0.136. The van der Waals surface area contributed by atoms with E-state index in [1.807, 2.05) is 24.3 Å². The van der Waals surface area contributed by atoms with Crippen LogP contribution in [-0.4, -0.2) is 30.3 Å². The highest BCUT2D eigenvalue weighted by Gasteiger charge is 2.26. The average molecular weight is 345 g/mol. The molecule has 0 amide bonds. The van der Waals surface area contributed by atoms with Gasteiger partial charge in [-0.3, -0.25) is 4.79 Å². The first kappa shape index (κ1) is 16.7. The van der Waals surface area contributed by atoms with Crippen molar-refractivity contribution in [3.63, 3.8) is 0 Å². The highest BCUT2D eigenvalue weighted by molar-refractivity contribution is 7.89. The zero-order chi connectivity index (χ0) is 17.2. The van der Waals surface area contributed by atoms with Crippen LogP contribution in [0.4, 0.5) is 0 Å². The van der Waals surface area contributed by atoms with Gasteiger partial charge in [-0.25, -0.2) is 8.42 Å². The van der Waals surface area contributed by atoms with E-state index in [2.05, 4.69) is 0 Å². The summed E-state index contributed by atoms with van der Waals surface area (Å²) in [7, 11) is -3.59. The van der Waals surface area contributed by atoms with Crippen LogP contribution >= 0.6 is 0 Å². The number of hydrogen-bond donors (Lipinski definition) is 1. The fourth-order valence-corrected chi connectivity index (χ4v) is 4.44. The van der Waals surface area contributed by atoms with Crippen molar-refractivity contribution >= 4 is 16.0 Å². The van der Waals surface area contributed by atoms with Crippen LogP contribution in [0.2, 0.25) is 0 Å². The van der Waals surface area contributed by atoms with Crippen molar-refractivity contribution in [1.29, 1.82) is 0 Å². The predicted molar refractivity (Wildman–Crippen MR) is 90.1 cm³/mol. The SMILES string of the molecule is O=C(O)Cc1ccc(S(=O)(=O)N2CCCc3ccccc3C2)cc1. The quantitative estimate of drug-likeness (QED) is 0.924. The number of carboxylic acids is 1. The molecular formula is C18H19NO4S.